The minimum Gasteiger partial charge on any atom is -0.507 e. The van der Waals surface area contributed by atoms with Gasteiger partial charge in [0.05, 0.1) is 22.9 Å². The molecule has 1 aromatic heterocycles. The van der Waals surface area contributed by atoms with Gasteiger partial charge in [0.15, 0.2) is 0 Å². The van der Waals surface area contributed by atoms with Crippen molar-refractivity contribution < 1.29 is 14.7 Å². The van der Waals surface area contributed by atoms with Crippen molar-refractivity contribution in [3.8, 4) is 0 Å². The molecule has 1 aliphatic heterocycles. The second-order valence-corrected chi connectivity index (χ2v) is 8.05. The van der Waals surface area contributed by atoms with Crippen molar-refractivity contribution in [3.05, 3.63) is 63.7 Å². The first-order valence-electron chi connectivity index (χ1n) is 9.70. The van der Waals surface area contributed by atoms with Crippen molar-refractivity contribution in [1.29, 1.82) is 0 Å². The first-order valence-corrected chi connectivity index (χ1v) is 10.1. The number of aliphatic hydroxyl groups excluding tert-OH is 1. The Bertz CT molecular complexity index is 1000. The number of nitrogens with zero attached hydrogens (tertiary/aromatic N) is 4. The molecule has 1 unspecified atom stereocenters. The zero-order valence-electron chi connectivity index (χ0n) is 17.5. The zero-order chi connectivity index (χ0) is 22.0. The van der Waals surface area contributed by atoms with Gasteiger partial charge >= 0.3 is 0 Å². The Kier molecular flexibility index (Phi) is 6.53. The molecule has 1 aliphatic rings. The van der Waals surface area contributed by atoms with E-state index in [4.69, 9.17) is 11.6 Å². The molecule has 7 nitrogen and oxygen atoms in total. The number of amides is 1. The summed E-state index contributed by atoms with van der Waals surface area (Å²) < 4.78 is 0. The molecule has 1 atom stereocenters. The van der Waals surface area contributed by atoms with Gasteiger partial charge in [-0.15, -0.1) is 0 Å². The highest BCUT2D eigenvalue weighted by atomic mass is 35.5. The number of likely N-dealkylation sites (tertiary alicyclic amines) is 1. The molecule has 0 saturated carbocycles. The number of aryl methyl sites for hydroxylation is 2. The highest BCUT2D eigenvalue weighted by Crippen LogP contribution is 2.39. The highest BCUT2D eigenvalue weighted by molar-refractivity contribution is 6.46. The van der Waals surface area contributed by atoms with Crippen LogP contribution < -0.4 is 0 Å². The maximum Gasteiger partial charge on any atom is 0.295 e. The number of aromatic nitrogens is 2. The average Bonchev–Trinajstić information content (AvgIpc) is 2.93. The van der Waals surface area contributed by atoms with Crippen molar-refractivity contribution in [1.82, 2.24) is 19.8 Å². The van der Waals surface area contributed by atoms with Gasteiger partial charge in [-0.3, -0.25) is 9.59 Å². The Morgan fingerprint density at radius 2 is 1.87 bits per heavy atom. The number of carbonyl (C=O) groups is 2. The van der Waals surface area contributed by atoms with Gasteiger partial charge in [-0.2, -0.15) is 0 Å². The van der Waals surface area contributed by atoms with Crippen LogP contribution in [0.1, 0.15) is 35.1 Å². The molecule has 0 radical (unpaired) electrons. The predicted octanol–water partition coefficient (Wildman–Crippen LogP) is 3.12. The van der Waals surface area contributed by atoms with Crippen LogP contribution in [0.2, 0.25) is 5.02 Å². The van der Waals surface area contributed by atoms with Gasteiger partial charge in [-0.25, -0.2) is 9.97 Å². The first kappa shape index (κ1) is 21.9. The minimum atomic E-state index is -0.711. The van der Waals surface area contributed by atoms with E-state index in [-0.39, 0.29) is 11.3 Å². The third-order valence-corrected chi connectivity index (χ3v) is 5.34. The Morgan fingerprint density at radius 1 is 1.20 bits per heavy atom. The molecule has 2 aromatic rings. The van der Waals surface area contributed by atoms with E-state index in [1.165, 1.54) is 11.1 Å². The van der Waals surface area contributed by atoms with Crippen molar-refractivity contribution in [2.75, 3.05) is 27.2 Å². The molecule has 3 rings (SSSR count). The van der Waals surface area contributed by atoms with E-state index in [0.29, 0.717) is 40.6 Å². The summed E-state index contributed by atoms with van der Waals surface area (Å²) >= 11 is 6.03. The molecule has 1 fully saturated rings. The molecule has 1 saturated heterocycles. The summed E-state index contributed by atoms with van der Waals surface area (Å²) in [5.74, 6) is -1.04. The van der Waals surface area contributed by atoms with Crippen LogP contribution in [0.4, 0.5) is 0 Å². The highest BCUT2D eigenvalue weighted by Gasteiger charge is 2.46. The predicted molar refractivity (Wildman–Crippen MR) is 115 cm³/mol. The molecule has 30 heavy (non-hydrogen) atoms. The fraction of sp³-hybridized carbons (Fsp3) is 0.364. The van der Waals surface area contributed by atoms with Crippen LogP contribution in [0.3, 0.4) is 0 Å². The van der Waals surface area contributed by atoms with Crippen molar-refractivity contribution >= 4 is 29.1 Å². The second kappa shape index (κ2) is 8.93. The summed E-state index contributed by atoms with van der Waals surface area (Å²) in [4.78, 5) is 37.8. The van der Waals surface area contributed by atoms with E-state index in [9.17, 15) is 14.7 Å². The standard InChI is InChI=1S/C22H25ClN4O3/c1-13-17(12-24-14(2)25-13)20(28)18-19(15-6-8-16(23)9-7-15)27(22(30)21(18)29)11-5-10-26(3)4/h6-9,12,19,28H,5,10-11H2,1-4H3. The van der Waals surface area contributed by atoms with Crippen LogP contribution in [0.15, 0.2) is 36.0 Å². The minimum absolute atomic E-state index is 0.0442. The number of carbonyl (C=O) groups excluding carboxylic acids is 2. The number of benzene rings is 1. The molecule has 0 aliphatic carbocycles. The molecule has 1 amide bonds. The van der Waals surface area contributed by atoms with Gasteiger partial charge < -0.3 is 14.9 Å². The maximum absolute atomic E-state index is 13.0. The molecule has 0 bridgehead atoms. The van der Waals surface area contributed by atoms with Crippen LogP contribution in [-0.4, -0.2) is 63.7 Å². The molecule has 0 spiro atoms. The lowest BCUT2D eigenvalue weighted by Crippen LogP contribution is -2.32. The van der Waals surface area contributed by atoms with Crippen LogP contribution >= 0.6 is 11.6 Å². The summed E-state index contributed by atoms with van der Waals surface area (Å²) in [5.41, 5.74) is 1.62. The van der Waals surface area contributed by atoms with E-state index < -0.39 is 17.7 Å². The topological polar surface area (TPSA) is 86.6 Å². The molecule has 8 heteroatoms. The fourth-order valence-corrected chi connectivity index (χ4v) is 3.75. The van der Waals surface area contributed by atoms with E-state index in [0.717, 1.165) is 6.54 Å². The SMILES string of the molecule is Cc1ncc(C(O)=C2C(=O)C(=O)N(CCCN(C)C)C2c2ccc(Cl)cc2)c(C)n1. The van der Waals surface area contributed by atoms with Crippen molar-refractivity contribution in [2.24, 2.45) is 0 Å². The van der Waals surface area contributed by atoms with Crippen LogP contribution in [0.25, 0.3) is 5.76 Å². The Labute approximate surface area is 181 Å². The summed E-state index contributed by atoms with van der Waals surface area (Å²) in [5, 5.41) is 11.6. The van der Waals surface area contributed by atoms with Crippen molar-refractivity contribution in [2.45, 2.75) is 26.3 Å². The third-order valence-electron chi connectivity index (χ3n) is 5.08. The lowest BCUT2D eigenvalue weighted by molar-refractivity contribution is -0.139. The second-order valence-electron chi connectivity index (χ2n) is 7.62. The van der Waals surface area contributed by atoms with Gasteiger partial charge in [-0.05, 0) is 58.6 Å². The van der Waals surface area contributed by atoms with Gasteiger partial charge in [-0.1, -0.05) is 23.7 Å². The maximum atomic E-state index is 13.0. The smallest absolute Gasteiger partial charge is 0.295 e. The number of rotatable bonds is 6. The number of halogens is 1. The Balaban J connectivity index is 2.12. The zero-order valence-corrected chi connectivity index (χ0v) is 18.3. The van der Waals surface area contributed by atoms with Gasteiger partial charge in [0.25, 0.3) is 11.7 Å². The summed E-state index contributed by atoms with van der Waals surface area (Å²) in [6.45, 7) is 4.62. The Morgan fingerprint density at radius 3 is 2.47 bits per heavy atom. The van der Waals surface area contributed by atoms with Gasteiger partial charge in [0, 0.05) is 17.8 Å². The van der Waals surface area contributed by atoms with Gasteiger partial charge in [0.2, 0.25) is 0 Å². The number of hydrogen-bond donors (Lipinski definition) is 1. The number of ketones is 1. The van der Waals surface area contributed by atoms with E-state index >= 15 is 0 Å². The largest absolute Gasteiger partial charge is 0.507 e. The molecule has 1 N–H and O–H groups in total. The Hall–Kier alpha value is -2.77. The summed E-state index contributed by atoms with van der Waals surface area (Å²) in [7, 11) is 3.90. The third kappa shape index (κ3) is 4.37. The lowest BCUT2D eigenvalue weighted by atomic mass is 9.95. The first-order chi connectivity index (χ1) is 14.2. The van der Waals surface area contributed by atoms with Crippen LogP contribution in [0.5, 0.6) is 0 Å². The summed E-state index contributed by atoms with van der Waals surface area (Å²) in [6.07, 6.45) is 2.17. The van der Waals surface area contributed by atoms with Crippen LogP contribution in [0, 0.1) is 13.8 Å². The van der Waals surface area contributed by atoms with Gasteiger partial charge in [0.1, 0.15) is 11.6 Å². The molecular formula is C22H25ClN4O3. The molecular weight excluding hydrogens is 404 g/mol. The normalized spacial score (nSPS) is 18.5. The lowest BCUT2D eigenvalue weighted by Gasteiger charge is -2.26. The quantitative estimate of drug-likeness (QED) is 0.432. The van der Waals surface area contributed by atoms with E-state index in [1.54, 1.807) is 38.1 Å². The fourth-order valence-electron chi connectivity index (χ4n) is 3.62. The molecule has 158 valence electrons. The molecule has 1 aromatic carbocycles. The van der Waals surface area contributed by atoms with Crippen LogP contribution in [-0.2, 0) is 9.59 Å². The average molecular weight is 429 g/mol. The number of aliphatic hydroxyl groups is 1. The van der Waals surface area contributed by atoms with Crippen molar-refractivity contribution in [3.63, 3.8) is 0 Å². The van der Waals surface area contributed by atoms with E-state index in [2.05, 4.69) is 9.97 Å². The monoisotopic (exact) mass is 428 g/mol. The number of hydrogen-bond acceptors (Lipinski definition) is 6. The number of Topliss-reactive ketones (excluding diaryl/α,β-unsaturated/α-hetero) is 1. The van der Waals surface area contributed by atoms with E-state index in [1.807, 2.05) is 19.0 Å². The molecule has 2 heterocycles. The summed E-state index contributed by atoms with van der Waals surface area (Å²) in [6, 6.07) is 6.24.